The second-order valence-electron chi connectivity index (χ2n) is 5.01. The highest BCUT2D eigenvalue weighted by molar-refractivity contribution is 5.56. The Morgan fingerprint density at radius 1 is 1.21 bits per heavy atom. The van der Waals surface area contributed by atoms with Crippen LogP contribution < -0.4 is 16.6 Å². The van der Waals surface area contributed by atoms with Gasteiger partial charge in [-0.3, -0.25) is 0 Å². The minimum atomic E-state index is -0.241. The predicted molar refractivity (Wildman–Crippen MR) is 78.2 cm³/mol. The van der Waals surface area contributed by atoms with Gasteiger partial charge in [0.05, 0.1) is 5.60 Å². The van der Waals surface area contributed by atoms with Gasteiger partial charge < -0.3 is 15.5 Å². The van der Waals surface area contributed by atoms with Gasteiger partial charge in [0.15, 0.2) is 0 Å². The molecule has 0 aliphatic rings. The van der Waals surface area contributed by atoms with Crippen LogP contribution in [0.3, 0.4) is 0 Å². The summed E-state index contributed by atoms with van der Waals surface area (Å²) < 4.78 is 5.66. The fourth-order valence-electron chi connectivity index (χ4n) is 1.77. The molecule has 0 saturated carbocycles. The van der Waals surface area contributed by atoms with Crippen LogP contribution in [0, 0.1) is 6.92 Å². The monoisotopic (exact) mass is 267 g/mol. The topological polar surface area (TPSA) is 85.1 Å². The lowest BCUT2D eigenvalue weighted by Gasteiger charge is -2.26. The number of nitrogens with zero attached hydrogens (tertiary/aromatic N) is 2. The van der Waals surface area contributed by atoms with E-state index in [-0.39, 0.29) is 5.60 Å². The van der Waals surface area contributed by atoms with E-state index in [9.17, 15) is 0 Å². The van der Waals surface area contributed by atoms with Gasteiger partial charge in [-0.05, 0) is 27.7 Å². The van der Waals surface area contributed by atoms with Crippen LogP contribution in [-0.2, 0) is 11.2 Å². The summed E-state index contributed by atoms with van der Waals surface area (Å²) in [7, 11) is 0. The summed E-state index contributed by atoms with van der Waals surface area (Å²) in [4.78, 5) is 8.82. The maximum atomic E-state index is 5.66. The first-order chi connectivity index (χ1) is 8.93. The van der Waals surface area contributed by atoms with Crippen LogP contribution in [0.15, 0.2) is 0 Å². The summed E-state index contributed by atoms with van der Waals surface area (Å²) in [5.74, 6) is 7.69. The van der Waals surface area contributed by atoms with E-state index in [2.05, 4.69) is 20.7 Å². The van der Waals surface area contributed by atoms with E-state index in [0.29, 0.717) is 19.0 Å². The van der Waals surface area contributed by atoms with E-state index in [1.54, 1.807) is 0 Å². The maximum absolute atomic E-state index is 5.66. The normalized spacial score (nSPS) is 11.5. The molecule has 0 aromatic carbocycles. The summed E-state index contributed by atoms with van der Waals surface area (Å²) in [5.41, 5.74) is 3.28. The molecule has 4 N–H and O–H groups in total. The van der Waals surface area contributed by atoms with Crippen molar-refractivity contribution in [2.45, 2.75) is 46.6 Å². The second kappa shape index (κ2) is 6.68. The lowest BCUT2D eigenvalue weighted by molar-refractivity contribution is 0.000632. The quantitative estimate of drug-likeness (QED) is 0.516. The van der Waals surface area contributed by atoms with Gasteiger partial charge in [-0.15, -0.1) is 0 Å². The highest BCUT2D eigenvalue weighted by Crippen LogP contribution is 2.20. The summed E-state index contributed by atoms with van der Waals surface area (Å²) in [5, 5.41) is 3.32. The van der Waals surface area contributed by atoms with Crippen LogP contribution in [0.25, 0.3) is 0 Å². The lowest BCUT2D eigenvalue weighted by Crippen LogP contribution is -2.34. The SMILES string of the molecule is CCOC(C)(C)CNc1nc(CC)nc(NN)c1C. The Morgan fingerprint density at radius 3 is 2.37 bits per heavy atom. The third-order valence-corrected chi connectivity index (χ3v) is 2.86. The molecule has 0 saturated heterocycles. The zero-order valence-electron chi connectivity index (χ0n) is 12.5. The van der Waals surface area contributed by atoms with Gasteiger partial charge in [0.25, 0.3) is 0 Å². The average molecular weight is 267 g/mol. The van der Waals surface area contributed by atoms with Crippen LogP contribution in [0.2, 0.25) is 0 Å². The molecule has 0 bridgehead atoms. The van der Waals surface area contributed by atoms with Crippen molar-refractivity contribution >= 4 is 11.6 Å². The third-order valence-electron chi connectivity index (χ3n) is 2.86. The van der Waals surface area contributed by atoms with E-state index >= 15 is 0 Å². The maximum Gasteiger partial charge on any atom is 0.148 e. The van der Waals surface area contributed by atoms with E-state index in [1.807, 2.05) is 34.6 Å². The third kappa shape index (κ3) is 4.33. The molecule has 1 aromatic heterocycles. The zero-order valence-corrected chi connectivity index (χ0v) is 12.5. The minimum absolute atomic E-state index is 0.241. The van der Waals surface area contributed by atoms with Gasteiger partial charge in [-0.25, -0.2) is 15.8 Å². The summed E-state index contributed by atoms with van der Waals surface area (Å²) in [6.07, 6.45) is 0.762. The summed E-state index contributed by atoms with van der Waals surface area (Å²) in [6, 6.07) is 0. The number of hydrazine groups is 1. The Hall–Kier alpha value is -1.40. The van der Waals surface area contributed by atoms with Crippen molar-refractivity contribution in [2.24, 2.45) is 5.84 Å². The number of ether oxygens (including phenoxy) is 1. The molecule has 0 fully saturated rings. The van der Waals surface area contributed by atoms with E-state index in [0.717, 1.165) is 23.6 Å². The molecule has 0 unspecified atom stereocenters. The highest BCUT2D eigenvalue weighted by Gasteiger charge is 2.18. The minimum Gasteiger partial charge on any atom is -0.374 e. The van der Waals surface area contributed by atoms with Gasteiger partial charge >= 0.3 is 0 Å². The Bertz CT molecular complexity index is 420. The number of nitrogens with one attached hydrogen (secondary N) is 2. The first-order valence-corrected chi connectivity index (χ1v) is 6.65. The molecule has 0 aliphatic carbocycles. The molecule has 0 spiro atoms. The molecule has 19 heavy (non-hydrogen) atoms. The Labute approximate surface area is 115 Å². The molecular formula is C13H25N5O. The van der Waals surface area contributed by atoms with E-state index < -0.39 is 0 Å². The van der Waals surface area contributed by atoms with Crippen molar-refractivity contribution in [1.82, 2.24) is 9.97 Å². The number of aryl methyl sites for hydroxylation is 1. The van der Waals surface area contributed by atoms with Crippen LogP contribution in [-0.4, -0.2) is 28.7 Å². The van der Waals surface area contributed by atoms with Crippen molar-refractivity contribution in [3.63, 3.8) is 0 Å². The van der Waals surface area contributed by atoms with Crippen molar-refractivity contribution in [3.8, 4) is 0 Å². The number of anilines is 2. The molecule has 6 heteroatoms. The number of nitrogens with two attached hydrogens (primary N) is 1. The van der Waals surface area contributed by atoms with Crippen molar-refractivity contribution in [1.29, 1.82) is 0 Å². The van der Waals surface area contributed by atoms with Crippen molar-refractivity contribution in [3.05, 3.63) is 11.4 Å². The van der Waals surface area contributed by atoms with Gasteiger partial charge in [0, 0.05) is 25.1 Å². The highest BCUT2D eigenvalue weighted by atomic mass is 16.5. The van der Waals surface area contributed by atoms with Crippen LogP contribution in [0.5, 0.6) is 0 Å². The van der Waals surface area contributed by atoms with Crippen molar-refractivity contribution < 1.29 is 4.74 Å². The molecule has 1 rings (SSSR count). The Balaban J connectivity index is 2.88. The van der Waals surface area contributed by atoms with Gasteiger partial charge in [-0.2, -0.15) is 0 Å². The molecule has 0 aliphatic heterocycles. The Kier molecular flexibility index (Phi) is 5.50. The summed E-state index contributed by atoms with van der Waals surface area (Å²) >= 11 is 0. The summed E-state index contributed by atoms with van der Waals surface area (Å²) in [6.45, 7) is 11.4. The van der Waals surface area contributed by atoms with E-state index in [1.165, 1.54) is 0 Å². The van der Waals surface area contributed by atoms with Crippen molar-refractivity contribution in [2.75, 3.05) is 23.9 Å². The predicted octanol–water partition coefficient (Wildman–Crippen LogP) is 1.86. The number of nitrogen functional groups attached to an aromatic ring is 1. The number of aromatic nitrogens is 2. The van der Waals surface area contributed by atoms with Crippen LogP contribution in [0.1, 0.15) is 39.1 Å². The fourth-order valence-corrected chi connectivity index (χ4v) is 1.77. The molecule has 1 heterocycles. The lowest BCUT2D eigenvalue weighted by atomic mass is 10.1. The molecule has 0 radical (unpaired) electrons. The second-order valence-corrected chi connectivity index (χ2v) is 5.01. The largest absolute Gasteiger partial charge is 0.374 e. The fraction of sp³-hybridized carbons (Fsp3) is 0.692. The first-order valence-electron chi connectivity index (χ1n) is 6.65. The van der Waals surface area contributed by atoms with Gasteiger partial charge in [0.2, 0.25) is 0 Å². The Morgan fingerprint density at radius 2 is 1.84 bits per heavy atom. The number of hydrogen-bond acceptors (Lipinski definition) is 6. The number of hydrogen-bond donors (Lipinski definition) is 3. The molecular weight excluding hydrogens is 242 g/mol. The number of rotatable bonds is 7. The molecule has 0 amide bonds. The molecule has 6 nitrogen and oxygen atoms in total. The average Bonchev–Trinajstić information content (AvgIpc) is 2.37. The molecule has 1 aromatic rings. The van der Waals surface area contributed by atoms with Crippen LogP contribution >= 0.6 is 0 Å². The first kappa shape index (κ1) is 15.7. The van der Waals surface area contributed by atoms with Gasteiger partial charge in [0.1, 0.15) is 17.5 Å². The van der Waals surface area contributed by atoms with Gasteiger partial charge in [-0.1, -0.05) is 6.92 Å². The van der Waals surface area contributed by atoms with Crippen LogP contribution in [0.4, 0.5) is 11.6 Å². The molecule has 108 valence electrons. The standard InChI is InChI=1S/C13H25N5O/c1-6-10-16-11(9(3)12(17-10)18-14)15-8-13(4,5)19-7-2/h6-8,14H2,1-5H3,(H2,15,16,17,18). The van der Waals surface area contributed by atoms with E-state index in [4.69, 9.17) is 10.6 Å². The zero-order chi connectivity index (χ0) is 14.5. The smallest absolute Gasteiger partial charge is 0.148 e. The molecule has 0 atom stereocenters.